The number of benzene rings is 1. The summed E-state index contributed by atoms with van der Waals surface area (Å²) >= 11 is 0. The van der Waals surface area contributed by atoms with Crippen LogP contribution >= 0.6 is 0 Å². The van der Waals surface area contributed by atoms with Gasteiger partial charge in [-0.15, -0.1) is 0 Å². The molecule has 1 atom stereocenters. The number of nitrogens with one attached hydrogen (secondary N) is 1. The molecule has 2 fully saturated rings. The molecule has 2 heterocycles. The number of amides is 3. The number of hydrogen-bond donors (Lipinski definition) is 1. The summed E-state index contributed by atoms with van der Waals surface area (Å²) in [5, 5.41) is 3.07. The molecule has 0 aliphatic carbocycles. The molecule has 0 radical (unpaired) electrons. The van der Waals surface area contributed by atoms with E-state index in [2.05, 4.69) is 5.32 Å². The maximum atomic E-state index is 12.8. The van der Waals surface area contributed by atoms with E-state index < -0.39 is 6.16 Å². The van der Waals surface area contributed by atoms with E-state index in [1.54, 1.807) is 41.0 Å². The van der Waals surface area contributed by atoms with Crippen LogP contribution in [0.25, 0.3) is 0 Å². The Kier molecular flexibility index (Phi) is 7.61. The van der Waals surface area contributed by atoms with E-state index in [9.17, 15) is 19.2 Å². The third kappa shape index (κ3) is 6.24. The Hall–Kier alpha value is -3.10. The Balaban J connectivity index is 1.47. The molecule has 9 heteroatoms. The van der Waals surface area contributed by atoms with Gasteiger partial charge in [-0.3, -0.25) is 14.4 Å². The summed E-state index contributed by atoms with van der Waals surface area (Å²) in [6, 6.07) is 6.33. The highest BCUT2D eigenvalue weighted by Crippen LogP contribution is 2.26. The number of carbonyl (C=O) groups excluding carboxylic acids is 4. The molecule has 33 heavy (non-hydrogen) atoms. The first kappa shape index (κ1) is 24.5. The van der Waals surface area contributed by atoms with Crippen molar-refractivity contribution < 1.29 is 28.7 Å². The van der Waals surface area contributed by atoms with Gasteiger partial charge in [-0.1, -0.05) is 0 Å². The maximum absolute atomic E-state index is 12.8. The van der Waals surface area contributed by atoms with Gasteiger partial charge in [-0.05, 0) is 64.8 Å². The van der Waals surface area contributed by atoms with Gasteiger partial charge in [-0.2, -0.15) is 0 Å². The van der Waals surface area contributed by atoms with E-state index in [4.69, 9.17) is 9.47 Å². The fourth-order valence-electron chi connectivity index (χ4n) is 4.17. The predicted octanol–water partition coefficient (Wildman–Crippen LogP) is 2.59. The van der Waals surface area contributed by atoms with Gasteiger partial charge in [0.05, 0.1) is 12.5 Å². The van der Waals surface area contributed by atoms with Crippen molar-refractivity contribution in [2.24, 2.45) is 5.92 Å². The molecular weight excluding hydrogens is 426 g/mol. The number of hydrogen-bond acceptors (Lipinski definition) is 6. The molecule has 0 spiro atoms. The molecule has 2 saturated heterocycles. The minimum atomic E-state index is -0.784. The van der Waals surface area contributed by atoms with E-state index in [0.29, 0.717) is 43.8 Å². The van der Waals surface area contributed by atoms with Gasteiger partial charge >= 0.3 is 6.16 Å². The summed E-state index contributed by atoms with van der Waals surface area (Å²) in [6.45, 7) is 9.33. The minimum absolute atomic E-state index is 0.0132. The number of carbonyl (C=O) groups is 4. The molecule has 9 nitrogen and oxygen atoms in total. The fourth-order valence-corrected chi connectivity index (χ4v) is 4.17. The first-order valence-corrected chi connectivity index (χ1v) is 11.4. The van der Waals surface area contributed by atoms with Crippen LogP contribution in [0.15, 0.2) is 24.3 Å². The van der Waals surface area contributed by atoms with Gasteiger partial charge < -0.3 is 24.6 Å². The highest BCUT2D eigenvalue weighted by atomic mass is 16.7. The molecule has 2 aliphatic heterocycles. The van der Waals surface area contributed by atoms with Crippen molar-refractivity contribution >= 4 is 23.9 Å². The summed E-state index contributed by atoms with van der Waals surface area (Å²) in [7, 11) is 0. The van der Waals surface area contributed by atoms with E-state index in [0.717, 1.165) is 0 Å². The molecule has 0 aromatic heterocycles. The van der Waals surface area contributed by atoms with E-state index in [-0.39, 0.29) is 48.2 Å². The van der Waals surface area contributed by atoms with Crippen LogP contribution in [0.1, 0.15) is 57.3 Å². The lowest BCUT2D eigenvalue weighted by Gasteiger charge is -2.33. The second-order valence-corrected chi connectivity index (χ2v) is 9.46. The second-order valence-electron chi connectivity index (χ2n) is 9.46. The molecule has 3 rings (SSSR count). The molecule has 3 amide bonds. The highest BCUT2D eigenvalue weighted by molar-refractivity contribution is 5.94. The van der Waals surface area contributed by atoms with Crippen molar-refractivity contribution in [3.05, 3.63) is 29.8 Å². The minimum Gasteiger partial charge on any atom is -0.434 e. The molecule has 1 unspecified atom stereocenters. The summed E-state index contributed by atoms with van der Waals surface area (Å²) in [4.78, 5) is 52.7. The van der Waals surface area contributed by atoms with Crippen molar-refractivity contribution in [1.29, 1.82) is 0 Å². The van der Waals surface area contributed by atoms with Gasteiger partial charge in [0.1, 0.15) is 5.75 Å². The zero-order valence-electron chi connectivity index (χ0n) is 19.8. The number of nitrogens with zero attached hydrogens (tertiary/aromatic N) is 2. The zero-order valence-corrected chi connectivity index (χ0v) is 19.8. The van der Waals surface area contributed by atoms with Crippen LogP contribution in [-0.2, 0) is 14.3 Å². The first-order valence-electron chi connectivity index (χ1n) is 11.4. The lowest BCUT2D eigenvalue weighted by Crippen LogP contribution is -2.48. The molecule has 180 valence electrons. The lowest BCUT2D eigenvalue weighted by molar-refractivity contribution is -0.132. The fraction of sp³-hybridized carbons (Fsp3) is 0.583. The quantitative estimate of drug-likeness (QED) is 0.536. The molecule has 2 aliphatic rings. The molecule has 1 aromatic rings. The van der Waals surface area contributed by atoms with Crippen molar-refractivity contribution in [2.45, 2.75) is 58.5 Å². The molecule has 0 saturated carbocycles. The Morgan fingerprint density at radius 3 is 2.27 bits per heavy atom. The van der Waals surface area contributed by atoms with Gasteiger partial charge in [0, 0.05) is 43.2 Å². The van der Waals surface area contributed by atoms with Crippen LogP contribution in [0.3, 0.4) is 0 Å². The average Bonchev–Trinajstić information content (AvgIpc) is 3.17. The monoisotopic (exact) mass is 459 g/mol. The Morgan fingerprint density at radius 2 is 1.73 bits per heavy atom. The van der Waals surface area contributed by atoms with Crippen LogP contribution in [0, 0.1) is 5.92 Å². The van der Waals surface area contributed by atoms with Crippen molar-refractivity contribution in [2.75, 3.05) is 26.2 Å². The average molecular weight is 460 g/mol. The number of ether oxygens (including phenoxy) is 2. The van der Waals surface area contributed by atoms with Gasteiger partial charge in [0.15, 0.2) is 0 Å². The van der Waals surface area contributed by atoms with Crippen LogP contribution < -0.4 is 10.1 Å². The van der Waals surface area contributed by atoms with E-state index in [1.165, 1.54) is 0 Å². The van der Waals surface area contributed by atoms with Crippen molar-refractivity contribution in [3.63, 3.8) is 0 Å². The van der Waals surface area contributed by atoms with Crippen LogP contribution in [0.2, 0.25) is 0 Å². The molecule has 0 bridgehead atoms. The SMILES string of the molecule is CCOC(=O)Oc1ccc(C(=O)N2CCC(NC(=O)C3CC(=O)N(C(C)(C)C)C3)CC2)cc1. The van der Waals surface area contributed by atoms with Crippen molar-refractivity contribution in [1.82, 2.24) is 15.1 Å². The van der Waals surface area contributed by atoms with Gasteiger partial charge in [0.2, 0.25) is 11.8 Å². The first-order chi connectivity index (χ1) is 15.6. The second kappa shape index (κ2) is 10.2. The normalized spacial score (nSPS) is 19.4. The summed E-state index contributed by atoms with van der Waals surface area (Å²) in [6.07, 6.45) is 0.779. The van der Waals surface area contributed by atoms with E-state index >= 15 is 0 Å². The van der Waals surface area contributed by atoms with Gasteiger partial charge in [0.25, 0.3) is 5.91 Å². The predicted molar refractivity (Wildman–Crippen MR) is 121 cm³/mol. The standard InChI is InChI=1S/C24H33N3O6/c1-5-32-23(31)33-19-8-6-16(7-9-19)22(30)26-12-10-18(11-13-26)25-21(29)17-14-20(28)27(15-17)24(2,3)4/h6-9,17-18H,5,10-15H2,1-4H3,(H,25,29). The number of piperidine rings is 1. The molecule has 1 aromatic carbocycles. The molecule has 1 N–H and O–H groups in total. The summed E-state index contributed by atoms with van der Waals surface area (Å²) in [5.41, 5.74) is 0.210. The molecular formula is C24H33N3O6. The maximum Gasteiger partial charge on any atom is 0.513 e. The Morgan fingerprint density at radius 1 is 1.09 bits per heavy atom. The highest BCUT2D eigenvalue weighted by Gasteiger charge is 2.40. The van der Waals surface area contributed by atoms with Gasteiger partial charge in [-0.25, -0.2) is 4.79 Å². The zero-order chi connectivity index (χ0) is 24.2. The number of likely N-dealkylation sites (tertiary alicyclic amines) is 2. The Labute approximate surface area is 194 Å². The summed E-state index contributed by atoms with van der Waals surface area (Å²) < 4.78 is 9.74. The topological polar surface area (TPSA) is 105 Å². The van der Waals surface area contributed by atoms with E-state index in [1.807, 2.05) is 20.8 Å². The van der Waals surface area contributed by atoms with Crippen LogP contribution in [0.4, 0.5) is 4.79 Å². The third-order valence-corrected chi connectivity index (χ3v) is 6.00. The smallest absolute Gasteiger partial charge is 0.434 e. The largest absolute Gasteiger partial charge is 0.513 e. The van der Waals surface area contributed by atoms with Crippen molar-refractivity contribution in [3.8, 4) is 5.75 Å². The number of rotatable bonds is 5. The van der Waals surface area contributed by atoms with Crippen LogP contribution in [-0.4, -0.2) is 71.5 Å². The Bertz CT molecular complexity index is 884. The lowest BCUT2D eigenvalue weighted by atomic mass is 10.0. The third-order valence-electron chi connectivity index (χ3n) is 6.00. The summed E-state index contributed by atoms with van der Waals surface area (Å²) in [5.74, 6) is -0.197. The van der Waals surface area contributed by atoms with Crippen LogP contribution in [0.5, 0.6) is 5.75 Å².